The first kappa shape index (κ1) is 23.6. The fourth-order valence-electron chi connectivity index (χ4n) is 3.06. The summed E-state index contributed by atoms with van der Waals surface area (Å²) in [5.74, 6) is 1.32. The van der Waals surface area contributed by atoms with Gasteiger partial charge in [-0.3, -0.25) is 4.79 Å². The summed E-state index contributed by atoms with van der Waals surface area (Å²) in [6.45, 7) is 3.01. The van der Waals surface area contributed by atoms with Crippen LogP contribution in [0.1, 0.15) is 18.1 Å². The van der Waals surface area contributed by atoms with E-state index in [1.807, 2.05) is 79.7 Å². The number of aliphatic imine (C=N–C) groups is 1. The average Bonchev–Trinajstić information content (AvgIpc) is 3.14. The lowest BCUT2D eigenvalue weighted by atomic mass is 10.2. The molecule has 1 heterocycles. The monoisotopic (exact) mass is 586 g/mol. The van der Waals surface area contributed by atoms with Gasteiger partial charge in [-0.2, -0.15) is 0 Å². The molecule has 33 heavy (non-hydrogen) atoms. The lowest BCUT2D eigenvalue weighted by molar-refractivity contribution is -0.115. The number of hydrogen-bond donors (Lipinski definition) is 1. The smallest absolute Gasteiger partial charge is 0.264 e. The molecule has 1 aliphatic rings. The second kappa shape index (κ2) is 11.0. The van der Waals surface area contributed by atoms with Crippen molar-refractivity contribution in [2.24, 2.45) is 4.99 Å². The molecule has 0 atom stereocenters. The minimum atomic E-state index is -0.179. The van der Waals surface area contributed by atoms with E-state index in [-0.39, 0.29) is 5.91 Å². The fraction of sp³-hybridized carbons (Fsp3) is 0.120. The van der Waals surface area contributed by atoms with Gasteiger partial charge in [-0.1, -0.05) is 30.3 Å². The summed E-state index contributed by atoms with van der Waals surface area (Å²) in [5, 5.41) is 3.36. The molecule has 8 heteroatoms. The Kier molecular flexibility index (Phi) is 7.90. The van der Waals surface area contributed by atoms with E-state index in [0.717, 1.165) is 31.5 Å². The summed E-state index contributed by atoms with van der Waals surface area (Å²) in [5.41, 5.74) is 2.69. The molecule has 1 fully saturated rings. The molecule has 5 nitrogen and oxygen atoms in total. The van der Waals surface area contributed by atoms with Crippen LogP contribution in [-0.2, 0) is 11.4 Å². The third-order valence-electron chi connectivity index (χ3n) is 4.57. The third-order valence-corrected chi connectivity index (χ3v) is 6.66. The van der Waals surface area contributed by atoms with Crippen LogP contribution in [0.15, 0.2) is 85.6 Å². The van der Waals surface area contributed by atoms with Crippen molar-refractivity contribution in [3.63, 3.8) is 0 Å². The second-order valence-electron chi connectivity index (χ2n) is 7.00. The van der Waals surface area contributed by atoms with Gasteiger partial charge in [0.2, 0.25) is 0 Å². The largest absolute Gasteiger partial charge is 0.494 e. The number of halogens is 2. The second-order valence-corrected chi connectivity index (χ2v) is 9.74. The van der Waals surface area contributed by atoms with Crippen LogP contribution in [-0.4, -0.2) is 17.7 Å². The Morgan fingerprint density at radius 2 is 1.70 bits per heavy atom. The summed E-state index contributed by atoms with van der Waals surface area (Å²) in [4.78, 5) is 17.5. The summed E-state index contributed by atoms with van der Waals surface area (Å²) in [6.07, 6.45) is 1.83. The third kappa shape index (κ3) is 6.28. The van der Waals surface area contributed by atoms with Crippen LogP contribution in [0.25, 0.3) is 6.08 Å². The van der Waals surface area contributed by atoms with Gasteiger partial charge < -0.3 is 14.8 Å². The minimum absolute atomic E-state index is 0.179. The highest BCUT2D eigenvalue weighted by Crippen LogP contribution is 2.37. The standard InChI is InChI=1S/C25H20Br2N2O3S/c1-2-31-19-10-8-18(9-11-19)28-25-29-24(30)22(33-25)14-17-12-20(26)23(21(27)13-17)32-15-16-6-4-3-5-7-16/h3-14H,2,15H2,1H3,(H,28,29,30). The molecule has 3 aromatic carbocycles. The Hall–Kier alpha value is -2.55. The van der Waals surface area contributed by atoms with Crippen molar-refractivity contribution in [2.75, 3.05) is 6.61 Å². The highest BCUT2D eigenvalue weighted by atomic mass is 79.9. The summed E-state index contributed by atoms with van der Waals surface area (Å²) < 4.78 is 13.0. The predicted molar refractivity (Wildman–Crippen MR) is 141 cm³/mol. The van der Waals surface area contributed by atoms with Crippen molar-refractivity contribution in [1.29, 1.82) is 0 Å². The van der Waals surface area contributed by atoms with Crippen molar-refractivity contribution < 1.29 is 14.3 Å². The van der Waals surface area contributed by atoms with Crippen LogP contribution in [0.5, 0.6) is 11.5 Å². The van der Waals surface area contributed by atoms with Crippen molar-refractivity contribution in [2.45, 2.75) is 13.5 Å². The van der Waals surface area contributed by atoms with Crippen LogP contribution < -0.4 is 14.8 Å². The lowest BCUT2D eigenvalue weighted by Crippen LogP contribution is -2.19. The predicted octanol–water partition coefficient (Wildman–Crippen LogP) is 7.08. The highest BCUT2D eigenvalue weighted by molar-refractivity contribution is 9.11. The number of benzene rings is 3. The zero-order valence-corrected chi connectivity index (χ0v) is 21.7. The number of ether oxygens (including phenoxy) is 2. The van der Waals surface area contributed by atoms with Gasteiger partial charge in [-0.15, -0.1) is 0 Å². The molecule has 0 radical (unpaired) electrons. The van der Waals surface area contributed by atoms with E-state index in [9.17, 15) is 4.79 Å². The molecule has 1 saturated heterocycles. The molecule has 0 unspecified atom stereocenters. The van der Waals surface area contributed by atoms with Crippen molar-refractivity contribution in [3.8, 4) is 11.5 Å². The molecule has 168 valence electrons. The maximum absolute atomic E-state index is 12.5. The van der Waals surface area contributed by atoms with E-state index in [1.54, 1.807) is 0 Å². The molecular formula is C25H20Br2N2O3S. The Labute approximate surface area is 213 Å². The Morgan fingerprint density at radius 1 is 1.00 bits per heavy atom. The number of hydrogen-bond acceptors (Lipinski definition) is 5. The molecule has 0 bridgehead atoms. The highest BCUT2D eigenvalue weighted by Gasteiger charge is 2.24. The van der Waals surface area contributed by atoms with Crippen LogP contribution >= 0.6 is 43.6 Å². The van der Waals surface area contributed by atoms with E-state index >= 15 is 0 Å². The number of nitrogens with zero attached hydrogens (tertiary/aromatic N) is 1. The molecule has 0 aliphatic carbocycles. The first-order valence-corrected chi connectivity index (χ1v) is 12.6. The summed E-state index contributed by atoms with van der Waals surface area (Å²) in [6, 6.07) is 21.3. The van der Waals surface area contributed by atoms with E-state index in [1.165, 1.54) is 11.8 Å². The minimum Gasteiger partial charge on any atom is -0.494 e. The Bertz CT molecular complexity index is 1190. The van der Waals surface area contributed by atoms with Crippen molar-refractivity contribution in [3.05, 3.63) is 91.7 Å². The molecular weight excluding hydrogens is 568 g/mol. The molecule has 0 spiro atoms. The maximum atomic E-state index is 12.5. The van der Waals surface area contributed by atoms with E-state index in [0.29, 0.717) is 29.0 Å². The normalized spacial score (nSPS) is 15.7. The fourth-order valence-corrected chi connectivity index (χ4v) is 5.36. The van der Waals surface area contributed by atoms with Gasteiger partial charge in [0, 0.05) is 0 Å². The molecule has 4 rings (SSSR count). The van der Waals surface area contributed by atoms with E-state index < -0.39 is 0 Å². The Morgan fingerprint density at radius 3 is 2.36 bits per heavy atom. The quantitative estimate of drug-likeness (QED) is 0.300. The zero-order valence-electron chi connectivity index (χ0n) is 17.7. The van der Waals surface area contributed by atoms with Gasteiger partial charge in [-0.25, -0.2) is 4.99 Å². The number of amides is 1. The first-order valence-electron chi connectivity index (χ1n) is 10.2. The van der Waals surface area contributed by atoms with E-state index in [4.69, 9.17) is 9.47 Å². The van der Waals surface area contributed by atoms with Gasteiger partial charge in [0.25, 0.3) is 5.91 Å². The van der Waals surface area contributed by atoms with Crippen molar-refractivity contribution in [1.82, 2.24) is 5.32 Å². The van der Waals surface area contributed by atoms with E-state index in [2.05, 4.69) is 42.2 Å². The van der Waals surface area contributed by atoms with Crippen LogP contribution in [0.3, 0.4) is 0 Å². The molecule has 0 saturated carbocycles. The summed E-state index contributed by atoms with van der Waals surface area (Å²) >= 11 is 8.47. The molecule has 1 N–H and O–H groups in total. The molecule has 1 aliphatic heterocycles. The average molecular weight is 588 g/mol. The van der Waals surface area contributed by atoms with Gasteiger partial charge in [0.1, 0.15) is 18.1 Å². The number of carbonyl (C=O) groups is 1. The lowest BCUT2D eigenvalue weighted by Gasteiger charge is -2.11. The zero-order chi connectivity index (χ0) is 23.2. The molecule has 1 amide bonds. The number of thioether (sulfide) groups is 1. The topological polar surface area (TPSA) is 59.9 Å². The molecule has 3 aromatic rings. The van der Waals surface area contributed by atoms with Gasteiger partial charge in [-0.05, 0) is 104 Å². The van der Waals surface area contributed by atoms with Gasteiger partial charge in [0.15, 0.2) is 5.17 Å². The number of rotatable bonds is 7. The van der Waals surface area contributed by atoms with Gasteiger partial charge >= 0.3 is 0 Å². The van der Waals surface area contributed by atoms with Crippen molar-refractivity contribution >= 4 is 66.5 Å². The number of carbonyl (C=O) groups excluding carboxylic acids is 1. The maximum Gasteiger partial charge on any atom is 0.264 e. The van der Waals surface area contributed by atoms with Crippen LogP contribution in [0.2, 0.25) is 0 Å². The van der Waals surface area contributed by atoms with Crippen LogP contribution in [0.4, 0.5) is 5.69 Å². The molecule has 0 aromatic heterocycles. The van der Waals surface area contributed by atoms with Gasteiger partial charge in [0.05, 0.1) is 26.1 Å². The first-order chi connectivity index (χ1) is 16.0. The van der Waals surface area contributed by atoms with Crippen LogP contribution in [0, 0.1) is 0 Å². The summed E-state index contributed by atoms with van der Waals surface area (Å²) in [7, 11) is 0. The Balaban J connectivity index is 1.47. The SMILES string of the molecule is CCOc1ccc(N=C2NC(=O)C(=Cc3cc(Br)c(OCc4ccccc4)c(Br)c3)S2)cc1. The number of nitrogens with one attached hydrogen (secondary N) is 1. The number of amidine groups is 1.